The molecule has 0 aromatic heterocycles. The molecule has 0 saturated carbocycles. The van der Waals surface area contributed by atoms with Crippen molar-refractivity contribution in [3.63, 3.8) is 0 Å². The molecule has 0 aliphatic carbocycles. The van der Waals surface area contributed by atoms with E-state index < -0.39 is 0 Å². The molecule has 0 bridgehead atoms. The van der Waals surface area contributed by atoms with E-state index in [9.17, 15) is 4.79 Å². The lowest BCUT2D eigenvalue weighted by molar-refractivity contribution is -0.134. The Kier molecular flexibility index (Phi) is 7.67. The third kappa shape index (κ3) is 5.88. The molecule has 2 atom stereocenters. The molecule has 2 unspecified atom stereocenters. The van der Waals surface area contributed by atoms with Gasteiger partial charge in [0.1, 0.15) is 5.75 Å². The van der Waals surface area contributed by atoms with Crippen LogP contribution in [-0.2, 0) is 17.8 Å². The van der Waals surface area contributed by atoms with Crippen molar-refractivity contribution in [1.82, 2.24) is 4.90 Å². The second-order valence-corrected chi connectivity index (χ2v) is 6.89. The molecule has 0 saturated heterocycles. The first-order chi connectivity index (χ1) is 12.5. The van der Waals surface area contributed by atoms with Crippen molar-refractivity contribution in [2.75, 3.05) is 7.11 Å². The standard InChI is InChI=1S/C22H30N2O2/c1-17(23)13-14-22(25)24(16-19-9-5-4-6-10-19)18(2)15-20-11-7-8-12-21(20)26-3/h4-12,17-18H,13-16,23H2,1-3H3. The molecule has 0 spiro atoms. The number of ether oxygens (including phenoxy) is 1. The minimum atomic E-state index is 0.0297. The van der Waals surface area contributed by atoms with Crippen LogP contribution in [0.4, 0.5) is 0 Å². The predicted octanol–water partition coefficient (Wildman–Crippen LogP) is 3.78. The Morgan fingerprint density at radius 2 is 1.73 bits per heavy atom. The van der Waals surface area contributed by atoms with Gasteiger partial charge >= 0.3 is 0 Å². The zero-order valence-electron chi connectivity index (χ0n) is 16.0. The number of hydrogen-bond donors (Lipinski definition) is 1. The Balaban J connectivity index is 2.16. The summed E-state index contributed by atoms with van der Waals surface area (Å²) in [4.78, 5) is 14.8. The molecule has 0 radical (unpaired) electrons. The van der Waals surface area contributed by atoms with E-state index in [1.165, 1.54) is 0 Å². The van der Waals surface area contributed by atoms with Crippen LogP contribution in [0.2, 0.25) is 0 Å². The minimum Gasteiger partial charge on any atom is -0.496 e. The van der Waals surface area contributed by atoms with Crippen LogP contribution in [0, 0.1) is 0 Å². The van der Waals surface area contributed by atoms with Crippen LogP contribution in [-0.4, -0.2) is 30.0 Å². The average molecular weight is 354 g/mol. The van der Waals surface area contributed by atoms with Gasteiger partial charge in [-0.15, -0.1) is 0 Å². The SMILES string of the molecule is COc1ccccc1CC(C)N(Cc1ccccc1)C(=O)CCC(C)N. The Morgan fingerprint density at radius 1 is 1.08 bits per heavy atom. The largest absolute Gasteiger partial charge is 0.496 e. The van der Waals surface area contributed by atoms with Crippen molar-refractivity contribution in [3.8, 4) is 5.75 Å². The molecule has 2 aromatic rings. The van der Waals surface area contributed by atoms with Crippen LogP contribution >= 0.6 is 0 Å². The Labute approximate surface area is 157 Å². The quantitative estimate of drug-likeness (QED) is 0.745. The number of carbonyl (C=O) groups is 1. The van der Waals surface area contributed by atoms with Crippen LogP contribution in [0.15, 0.2) is 54.6 Å². The van der Waals surface area contributed by atoms with Crippen LogP contribution in [0.5, 0.6) is 5.75 Å². The highest BCUT2D eigenvalue weighted by Gasteiger charge is 2.22. The summed E-state index contributed by atoms with van der Waals surface area (Å²) in [7, 11) is 1.68. The third-order valence-electron chi connectivity index (χ3n) is 4.57. The van der Waals surface area contributed by atoms with Crippen LogP contribution in [0.1, 0.15) is 37.8 Å². The number of rotatable bonds is 9. The second-order valence-electron chi connectivity index (χ2n) is 6.89. The molecule has 2 N–H and O–H groups in total. The number of methoxy groups -OCH3 is 1. The lowest BCUT2D eigenvalue weighted by atomic mass is 10.0. The second kappa shape index (κ2) is 9.97. The van der Waals surface area contributed by atoms with Crippen molar-refractivity contribution in [1.29, 1.82) is 0 Å². The Bertz CT molecular complexity index is 686. The van der Waals surface area contributed by atoms with Gasteiger partial charge in [-0.2, -0.15) is 0 Å². The van der Waals surface area contributed by atoms with E-state index in [-0.39, 0.29) is 18.0 Å². The van der Waals surface area contributed by atoms with Crippen molar-refractivity contribution >= 4 is 5.91 Å². The van der Waals surface area contributed by atoms with Gasteiger partial charge in [0.15, 0.2) is 0 Å². The van der Waals surface area contributed by atoms with E-state index in [0.29, 0.717) is 19.4 Å². The van der Waals surface area contributed by atoms with Crippen LogP contribution < -0.4 is 10.5 Å². The molecule has 26 heavy (non-hydrogen) atoms. The van der Waals surface area contributed by atoms with Crippen LogP contribution in [0.3, 0.4) is 0 Å². The smallest absolute Gasteiger partial charge is 0.223 e. The van der Waals surface area contributed by atoms with Crippen molar-refractivity contribution < 1.29 is 9.53 Å². The molecular formula is C22H30N2O2. The van der Waals surface area contributed by atoms with Gasteiger partial charge in [-0.05, 0) is 43.9 Å². The summed E-state index contributed by atoms with van der Waals surface area (Å²) in [6.07, 6.45) is 1.92. The minimum absolute atomic E-state index is 0.0297. The fraction of sp³-hybridized carbons (Fsp3) is 0.409. The fourth-order valence-corrected chi connectivity index (χ4v) is 3.06. The molecular weight excluding hydrogens is 324 g/mol. The number of carbonyl (C=O) groups excluding carboxylic acids is 1. The van der Waals surface area contributed by atoms with Crippen molar-refractivity contribution in [2.24, 2.45) is 5.73 Å². The summed E-state index contributed by atoms with van der Waals surface area (Å²) < 4.78 is 5.46. The van der Waals surface area contributed by atoms with E-state index in [4.69, 9.17) is 10.5 Å². The highest BCUT2D eigenvalue weighted by atomic mass is 16.5. The molecule has 0 aliphatic rings. The summed E-state index contributed by atoms with van der Waals surface area (Å²) in [6.45, 7) is 4.64. The lowest BCUT2D eigenvalue weighted by Gasteiger charge is -2.30. The lowest BCUT2D eigenvalue weighted by Crippen LogP contribution is -2.39. The maximum absolute atomic E-state index is 12.9. The molecule has 0 heterocycles. The van der Waals surface area contributed by atoms with Gasteiger partial charge in [-0.3, -0.25) is 4.79 Å². The maximum Gasteiger partial charge on any atom is 0.223 e. The number of hydrogen-bond acceptors (Lipinski definition) is 3. The van der Waals surface area contributed by atoms with E-state index in [0.717, 1.165) is 23.3 Å². The number of para-hydroxylation sites is 1. The summed E-state index contributed by atoms with van der Waals surface area (Å²) in [6, 6.07) is 18.2. The maximum atomic E-state index is 12.9. The molecule has 2 rings (SSSR count). The van der Waals surface area contributed by atoms with E-state index in [1.54, 1.807) is 7.11 Å². The highest BCUT2D eigenvalue weighted by Crippen LogP contribution is 2.22. The number of nitrogens with zero attached hydrogens (tertiary/aromatic N) is 1. The Hall–Kier alpha value is -2.33. The molecule has 2 aromatic carbocycles. The van der Waals surface area contributed by atoms with Crippen molar-refractivity contribution in [3.05, 3.63) is 65.7 Å². The normalized spacial score (nSPS) is 13.1. The van der Waals surface area contributed by atoms with Gasteiger partial charge in [0.05, 0.1) is 7.11 Å². The highest BCUT2D eigenvalue weighted by molar-refractivity contribution is 5.76. The Morgan fingerprint density at radius 3 is 2.38 bits per heavy atom. The monoisotopic (exact) mass is 354 g/mol. The molecule has 0 aliphatic heterocycles. The number of amides is 1. The molecule has 4 nitrogen and oxygen atoms in total. The summed E-state index contributed by atoms with van der Waals surface area (Å²) in [5.41, 5.74) is 8.09. The zero-order chi connectivity index (χ0) is 18.9. The molecule has 4 heteroatoms. The summed E-state index contributed by atoms with van der Waals surface area (Å²) in [5.74, 6) is 1.01. The van der Waals surface area contributed by atoms with E-state index in [2.05, 4.69) is 25.1 Å². The topological polar surface area (TPSA) is 55.6 Å². The molecule has 1 amide bonds. The fourth-order valence-electron chi connectivity index (χ4n) is 3.06. The first-order valence-corrected chi connectivity index (χ1v) is 9.22. The average Bonchev–Trinajstić information content (AvgIpc) is 2.65. The van der Waals surface area contributed by atoms with Crippen molar-refractivity contribution in [2.45, 2.75) is 51.7 Å². The first kappa shape index (κ1) is 20.0. The molecule has 0 fully saturated rings. The zero-order valence-corrected chi connectivity index (χ0v) is 16.0. The number of nitrogens with two attached hydrogens (primary N) is 1. The summed E-state index contributed by atoms with van der Waals surface area (Å²) in [5, 5.41) is 0. The van der Waals surface area contributed by atoms with Gasteiger partial charge in [0.25, 0.3) is 0 Å². The summed E-state index contributed by atoms with van der Waals surface area (Å²) >= 11 is 0. The van der Waals surface area contributed by atoms with E-state index in [1.807, 2.05) is 48.2 Å². The van der Waals surface area contributed by atoms with Gasteiger partial charge in [0, 0.05) is 25.0 Å². The predicted molar refractivity (Wildman–Crippen MR) is 106 cm³/mol. The van der Waals surface area contributed by atoms with Gasteiger partial charge < -0.3 is 15.4 Å². The third-order valence-corrected chi connectivity index (χ3v) is 4.57. The van der Waals surface area contributed by atoms with Crippen LogP contribution in [0.25, 0.3) is 0 Å². The van der Waals surface area contributed by atoms with E-state index >= 15 is 0 Å². The number of benzene rings is 2. The first-order valence-electron chi connectivity index (χ1n) is 9.22. The van der Waals surface area contributed by atoms with Gasteiger partial charge in [-0.1, -0.05) is 48.5 Å². The van der Waals surface area contributed by atoms with Gasteiger partial charge in [0.2, 0.25) is 5.91 Å². The van der Waals surface area contributed by atoms with Gasteiger partial charge in [-0.25, -0.2) is 0 Å². The molecule has 140 valence electrons.